The first-order valence-electron chi connectivity index (χ1n) is 5.31. The molecule has 0 heterocycles. The van der Waals surface area contributed by atoms with E-state index in [0.717, 1.165) is 13.2 Å². The van der Waals surface area contributed by atoms with Crippen LogP contribution in [0.25, 0.3) is 0 Å². The van der Waals surface area contributed by atoms with Crippen LogP contribution in [-0.4, -0.2) is 13.2 Å². The molecule has 0 aromatic carbocycles. The monoisotopic (exact) mass is 196 g/mol. The average Bonchev–Trinajstić information content (AvgIpc) is 2.24. The predicted octanol–water partition coefficient (Wildman–Crippen LogP) is 3.11. The number of hydrogen-bond acceptors (Lipinski definition) is 2. The van der Waals surface area contributed by atoms with E-state index in [2.05, 4.69) is 13.2 Å². The van der Waals surface area contributed by atoms with Gasteiger partial charge in [-0.1, -0.05) is 19.6 Å². The molecule has 1 fully saturated rings. The molecule has 1 aliphatic rings. The van der Waals surface area contributed by atoms with Gasteiger partial charge in [0.1, 0.15) is 0 Å². The summed E-state index contributed by atoms with van der Waals surface area (Å²) in [6.45, 7) is 8.73. The van der Waals surface area contributed by atoms with Crippen molar-refractivity contribution in [2.75, 3.05) is 13.2 Å². The Morgan fingerprint density at radius 1 is 1.00 bits per heavy atom. The summed E-state index contributed by atoms with van der Waals surface area (Å²) < 4.78 is 10.5. The second-order valence-electron chi connectivity index (χ2n) is 3.90. The van der Waals surface area contributed by atoms with E-state index < -0.39 is 0 Å². The van der Waals surface area contributed by atoms with Gasteiger partial charge in [0.05, 0.1) is 25.7 Å². The predicted molar refractivity (Wildman–Crippen MR) is 57.7 cm³/mol. The van der Waals surface area contributed by atoms with Crippen LogP contribution in [-0.2, 0) is 9.47 Å². The van der Waals surface area contributed by atoms with Crippen molar-refractivity contribution in [3.8, 4) is 0 Å². The van der Waals surface area contributed by atoms with Crippen LogP contribution in [0.15, 0.2) is 25.7 Å². The summed E-state index contributed by atoms with van der Waals surface area (Å²) in [7, 11) is 0. The van der Waals surface area contributed by atoms with Crippen molar-refractivity contribution < 1.29 is 9.47 Å². The summed E-state index contributed by atoms with van der Waals surface area (Å²) in [6.07, 6.45) is 8.11. The maximum absolute atomic E-state index is 5.23. The zero-order valence-electron chi connectivity index (χ0n) is 8.78. The van der Waals surface area contributed by atoms with Gasteiger partial charge in [0.15, 0.2) is 0 Å². The van der Waals surface area contributed by atoms with E-state index in [0.29, 0.717) is 11.8 Å². The normalized spacial score (nSPS) is 26.6. The fourth-order valence-corrected chi connectivity index (χ4v) is 2.11. The molecule has 0 aromatic rings. The first kappa shape index (κ1) is 11.2. The first-order valence-corrected chi connectivity index (χ1v) is 5.31. The molecule has 1 aliphatic carbocycles. The van der Waals surface area contributed by atoms with E-state index in [9.17, 15) is 0 Å². The molecule has 0 N–H and O–H groups in total. The molecule has 80 valence electrons. The van der Waals surface area contributed by atoms with Gasteiger partial charge in [0, 0.05) is 0 Å². The van der Waals surface area contributed by atoms with Crippen LogP contribution in [0.5, 0.6) is 0 Å². The third kappa shape index (κ3) is 3.86. The standard InChI is InChI=1S/C12H20O2/c1-3-13-9-11-6-5-7-12(8-11)10-14-4-2/h3-4,11-12H,1-2,5-10H2. The lowest BCUT2D eigenvalue weighted by Gasteiger charge is -2.28. The van der Waals surface area contributed by atoms with E-state index in [1.165, 1.54) is 38.2 Å². The summed E-state index contributed by atoms with van der Waals surface area (Å²) in [5.41, 5.74) is 0. The maximum atomic E-state index is 5.23. The second kappa shape index (κ2) is 6.52. The van der Waals surface area contributed by atoms with Crippen molar-refractivity contribution >= 4 is 0 Å². The summed E-state index contributed by atoms with van der Waals surface area (Å²) in [4.78, 5) is 0. The summed E-state index contributed by atoms with van der Waals surface area (Å²) in [6, 6.07) is 0. The molecule has 2 nitrogen and oxygen atoms in total. The Kier molecular flexibility index (Phi) is 5.20. The number of hydrogen-bond donors (Lipinski definition) is 0. The Labute approximate surface area is 86.6 Å². The van der Waals surface area contributed by atoms with Crippen molar-refractivity contribution in [2.45, 2.75) is 25.7 Å². The largest absolute Gasteiger partial charge is 0.502 e. The molecule has 2 atom stereocenters. The Balaban J connectivity index is 2.20. The fraction of sp³-hybridized carbons (Fsp3) is 0.667. The van der Waals surface area contributed by atoms with Gasteiger partial charge in [-0.3, -0.25) is 0 Å². The Morgan fingerprint density at radius 3 is 1.93 bits per heavy atom. The third-order valence-corrected chi connectivity index (χ3v) is 2.79. The molecule has 0 spiro atoms. The zero-order chi connectivity index (χ0) is 10.2. The van der Waals surface area contributed by atoms with Gasteiger partial charge >= 0.3 is 0 Å². The minimum atomic E-state index is 0.681. The molecule has 0 bridgehead atoms. The summed E-state index contributed by atoms with van der Waals surface area (Å²) >= 11 is 0. The van der Waals surface area contributed by atoms with Gasteiger partial charge in [-0.15, -0.1) is 0 Å². The van der Waals surface area contributed by atoms with Gasteiger partial charge in [-0.2, -0.15) is 0 Å². The number of ether oxygens (including phenoxy) is 2. The smallest absolute Gasteiger partial charge is 0.0901 e. The topological polar surface area (TPSA) is 18.5 Å². The van der Waals surface area contributed by atoms with Crippen LogP contribution in [0.2, 0.25) is 0 Å². The van der Waals surface area contributed by atoms with Crippen molar-refractivity contribution in [3.05, 3.63) is 25.7 Å². The molecule has 0 saturated heterocycles. The molecule has 1 rings (SSSR count). The van der Waals surface area contributed by atoms with Crippen LogP contribution in [0.3, 0.4) is 0 Å². The Morgan fingerprint density at radius 2 is 1.50 bits per heavy atom. The average molecular weight is 196 g/mol. The molecule has 14 heavy (non-hydrogen) atoms. The highest BCUT2D eigenvalue weighted by Crippen LogP contribution is 2.29. The third-order valence-electron chi connectivity index (χ3n) is 2.79. The van der Waals surface area contributed by atoms with Crippen LogP contribution in [0, 0.1) is 11.8 Å². The Hall–Kier alpha value is -0.920. The van der Waals surface area contributed by atoms with Crippen LogP contribution >= 0.6 is 0 Å². The van der Waals surface area contributed by atoms with Crippen LogP contribution in [0.4, 0.5) is 0 Å². The van der Waals surface area contributed by atoms with Crippen LogP contribution < -0.4 is 0 Å². The van der Waals surface area contributed by atoms with E-state index in [1.807, 2.05) is 0 Å². The van der Waals surface area contributed by atoms with E-state index in [-0.39, 0.29) is 0 Å². The Bertz CT molecular complexity index is 159. The molecule has 2 heteroatoms. The fourth-order valence-electron chi connectivity index (χ4n) is 2.11. The summed E-state index contributed by atoms with van der Waals surface area (Å²) in [5.74, 6) is 1.36. The minimum Gasteiger partial charge on any atom is -0.502 e. The van der Waals surface area contributed by atoms with Crippen molar-refractivity contribution in [3.63, 3.8) is 0 Å². The van der Waals surface area contributed by atoms with E-state index >= 15 is 0 Å². The molecule has 0 amide bonds. The van der Waals surface area contributed by atoms with Gasteiger partial charge in [0.2, 0.25) is 0 Å². The highest BCUT2D eigenvalue weighted by Gasteiger charge is 2.22. The second-order valence-corrected chi connectivity index (χ2v) is 3.90. The summed E-state index contributed by atoms with van der Waals surface area (Å²) in [5, 5.41) is 0. The lowest BCUT2D eigenvalue weighted by Crippen LogP contribution is -2.21. The van der Waals surface area contributed by atoms with E-state index in [1.54, 1.807) is 0 Å². The molecule has 2 unspecified atom stereocenters. The molecular formula is C12H20O2. The van der Waals surface area contributed by atoms with Gasteiger partial charge in [0.25, 0.3) is 0 Å². The molecule has 0 aromatic heterocycles. The molecular weight excluding hydrogens is 176 g/mol. The van der Waals surface area contributed by atoms with Crippen molar-refractivity contribution in [1.82, 2.24) is 0 Å². The molecule has 0 aliphatic heterocycles. The van der Waals surface area contributed by atoms with Crippen molar-refractivity contribution in [1.29, 1.82) is 0 Å². The van der Waals surface area contributed by atoms with Gasteiger partial charge in [-0.05, 0) is 31.1 Å². The SMILES string of the molecule is C=COCC1CCCC(COC=C)C1. The zero-order valence-corrected chi connectivity index (χ0v) is 8.78. The first-order chi connectivity index (χ1) is 6.86. The lowest BCUT2D eigenvalue weighted by molar-refractivity contribution is 0.105. The van der Waals surface area contributed by atoms with E-state index in [4.69, 9.17) is 9.47 Å². The maximum Gasteiger partial charge on any atom is 0.0901 e. The van der Waals surface area contributed by atoms with Gasteiger partial charge in [-0.25, -0.2) is 0 Å². The number of rotatable bonds is 6. The molecule has 0 radical (unpaired) electrons. The highest BCUT2D eigenvalue weighted by molar-refractivity contribution is 4.74. The minimum absolute atomic E-state index is 0.681. The van der Waals surface area contributed by atoms with Crippen LogP contribution in [0.1, 0.15) is 25.7 Å². The lowest BCUT2D eigenvalue weighted by atomic mass is 9.82. The molecule has 1 saturated carbocycles. The van der Waals surface area contributed by atoms with Gasteiger partial charge < -0.3 is 9.47 Å². The highest BCUT2D eigenvalue weighted by atomic mass is 16.5. The quantitative estimate of drug-likeness (QED) is 0.608. The van der Waals surface area contributed by atoms with Crippen molar-refractivity contribution in [2.24, 2.45) is 11.8 Å².